The molecule has 1 saturated heterocycles. The van der Waals surface area contributed by atoms with Gasteiger partial charge in [-0.3, -0.25) is 4.79 Å². The average Bonchev–Trinajstić information content (AvgIpc) is 2.60. The van der Waals surface area contributed by atoms with Crippen LogP contribution in [0, 0.1) is 5.92 Å². The summed E-state index contributed by atoms with van der Waals surface area (Å²) in [6.07, 6.45) is 4.93. The molecule has 0 N–H and O–H groups in total. The van der Waals surface area contributed by atoms with Gasteiger partial charge in [-0.2, -0.15) is 0 Å². The van der Waals surface area contributed by atoms with E-state index < -0.39 is 0 Å². The van der Waals surface area contributed by atoms with Gasteiger partial charge >= 0.3 is 0 Å². The van der Waals surface area contributed by atoms with Gasteiger partial charge < -0.3 is 9.69 Å². The van der Waals surface area contributed by atoms with Crippen LogP contribution < -0.4 is 0 Å². The first kappa shape index (κ1) is 11.0. The number of carbonyl (C=O) groups excluding carboxylic acids is 2. The minimum Gasteiger partial charge on any atom is -0.333 e. The Bertz CT molecular complexity index is 237. The van der Waals surface area contributed by atoms with Crippen molar-refractivity contribution in [3.8, 4) is 0 Å². The zero-order chi connectivity index (χ0) is 10.6. The topological polar surface area (TPSA) is 37.4 Å². The Labute approximate surface area is 84.8 Å². The van der Waals surface area contributed by atoms with Gasteiger partial charge in [0.05, 0.1) is 6.04 Å². The zero-order valence-electron chi connectivity index (χ0n) is 8.61. The number of rotatable bonds is 4. The predicted molar refractivity (Wildman–Crippen MR) is 54.8 cm³/mol. The summed E-state index contributed by atoms with van der Waals surface area (Å²) >= 11 is 0. The lowest BCUT2D eigenvalue weighted by Gasteiger charge is -2.22. The van der Waals surface area contributed by atoms with E-state index in [0.29, 0.717) is 13.0 Å². The molecule has 0 radical (unpaired) electrons. The lowest BCUT2D eigenvalue weighted by atomic mass is 9.98. The lowest BCUT2D eigenvalue weighted by molar-refractivity contribution is -0.134. The van der Waals surface area contributed by atoms with Gasteiger partial charge in [-0.05, 0) is 18.8 Å². The molecule has 0 saturated carbocycles. The molecule has 0 aromatic carbocycles. The summed E-state index contributed by atoms with van der Waals surface area (Å²) in [7, 11) is 0. The average molecular weight is 195 g/mol. The number of allylic oxidation sites excluding steroid dienone is 1. The van der Waals surface area contributed by atoms with E-state index in [1.807, 2.05) is 13.0 Å². The molecule has 1 amide bonds. The summed E-state index contributed by atoms with van der Waals surface area (Å²) < 4.78 is 0. The second-order valence-electron chi connectivity index (χ2n) is 3.64. The molecule has 3 nitrogen and oxygen atoms in total. The van der Waals surface area contributed by atoms with E-state index in [-0.39, 0.29) is 17.9 Å². The number of carbonyl (C=O) groups is 2. The molecule has 2 atom stereocenters. The maximum atomic E-state index is 11.5. The van der Waals surface area contributed by atoms with Crippen LogP contribution in [0.3, 0.4) is 0 Å². The molecule has 1 rings (SSSR count). The summed E-state index contributed by atoms with van der Waals surface area (Å²) in [6.45, 7) is 6.20. The summed E-state index contributed by atoms with van der Waals surface area (Å²) in [5, 5.41) is 0. The van der Waals surface area contributed by atoms with Crippen molar-refractivity contribution in [1.29, 1.82) is 0 Å². The maximum Gasteiger partial charge on any atom is 0.222 e. The molecular weight excluding hydrogens is 178 g/mol. The molecule has 1 aliphatic rings. The number of hydrogen-bond acceptors (Lipinski definition) is 2. The molecular formula is C11H17NO2. The molecule has 0 unspecified atom stereocenters. The molecule has 78 valence electrons. The van der Waals surface area contributed by atoms with Crippen LogP contribution >= 0.6 is 0 Å². The molecule has 0 aromatic rings. The second-order valence-corrected chi connectivity index (χ2v) is 3.64. The number of aldehydes is 1. The normalized spacial score (nSPS) is 26.2. The molecule has 3 heteroatoms. The fourth-order valence-electron chi connectivity index (χ4n) is 2.03. The highest BCUT2D eigenvalue weighted by molar-refractivity contribution is 5.80. The van der Waals surface area contributed by atoms with Crippen LogP contribution in [0.1, 0.15) is 26.2 Å². The third kappa shape index (κ3) is 2.03. The van der Waals surface area contributed by atoms with E-state index in [1.165, 1.54) is 0 Å². The summed E-state index contributed by atoms with van der Waals surface area (Å²) in [5.41, 5.74) is 0. The Morgan fingerprint density at radius 1 is 1.64 bits per heavy atom. The number of amides is 1. The van der Waals surface area contributed by atoms with Crippen LogP contribution in [0.2, 0.25) is 0 Å². The van der Waals surface area contributed by atoms with E-state index in [9.17, 15) is 9.59 Å². The molecule has 1 heterocycles. The molecule has 14 heavy (non-hydrogen) atoms. The van der Waals surface area contributed by atoms with Crippen LogP contribution in [0.5, 0.6) is 0 Å². The fourth-order valence-corrected chi connectivity index (χ4v) is 2.03. The van der Waals surface area contributed by atoms with Gasteiger partial charge in [0.1, 0.15) is 6.29 Å². The van der Waals surface area contributed by atoms with Gasteiger partial charge in [0.15, 0.2) is 0 Å². The number of nitrogens with zero attached hydrogens (tertiary/aromatic N) is 1. The van der Waals surface area contributed by atoms with Crippen molar-refractivity contribution >= 4 is 12.2 Å². The van der Waals surface area contributed by atoms with Gasteiger partial charge in [0, 0.05) is 13.0 Å². The quantitative estimate of drug-likeness (QED) is 0.502. The Balaban J connectivity index is 2.67. The van der Waals surface area contributed by atoms with Crippen molar-refractivity contribution in [1.82, 2.24) is 4.90 Å². The standard InChI is InChI=1S/C11H17NO2/c1-3-5-9-6-7-12(10(9)8-13)11(14)4-2/h3,8-10H,1,4-7H2,2H3/t9-,10+/m0/s1. The van der Waals surface area contributed by atoms with Gasteiger partial charge in [-0.25, -0.2) is 0 Å². The first-order valence-corrected chi connectivity index (χ1v) is 5.10. The highest BCUT2D eigenvalue weighted by Crippen LogP contribution is 2.26. The highest BCUT2D eigenvalue weighted by atomic mass is 16.2. The SMILES string of the molecule is C=CC[C@H]1CCN(C(=O)CC)[C@@H]1C=O. The number of hydrogen-bond donors (Lipinski definition) is 0. The number of likely N-dealkylation sites (tertiary alicyclic amines) is 1. The molecule has 1 aliphatic heterocycles. The minimum absolute atomic E-state index is 0.0775. The second kappa shape index (κ2) is 4.94. The van der Waals surface area contributed by atoms with E-state index >= 15 is 0 Å². The van der Waals surface area contributed by atoms with Crippen molar-refractivity contribution in [2.24, 2.45) is 5.92 Å². The summed E-state index contributed by atoms with van der Waals surface area (Å²) in [5.74, 6) is 0.356. The zero-order valence-corrected chi connectivity index (χ0v) is 8.61. The Hall–Kier alpha value is -1.12. The Morgan fingerprint density at radius 3 is 2.86 bits per heavy atom. The van der Waals surface area contributed by atoms with Crippen molar-refractivity contribution in [3.63, 3.8) is 0 Å². The van der Waals surface area contributed by atoms with Crippen molar-refractivity contribution in [2.45, 2.75) is 32.2 Å². The molecule has 1 fully saturated rings. The van der Waals surface area contributed by atoms with E-state index in [1.54, 1.807) is 4.90 Å². The van der Waals surface area contributed by atoms with Gasteiger partial charge in [0.2, 0.25) is 5.91 Å². The first-order valence-electron chi connectivity index (χ1n) is 5.10. The molecule has 0 aliphatic carbocycles. The highest BCUT2D eigenvalue weighted by Gasteiger charge is 2.34. The van der Waals surface area contributed by atoms with Gasteiger partial charge in [-0.1, -0.05) is 13.0 Å². The van der Waals surface area contributed by atoms with E-state index in [2.05, 4.69) is 6.58 Å². The van der Waals surface area contributed by atoms with E-state index in [0.717, 1.165) is 19.1 Å². The fraction of sp³-hybridized carbons (Fsp3) is 0.636. The van der Waals surface area contributed by atoms with Crippen LogP contribution in [0.4, 0.5) is 0 Å². The largest absolute Gasteiger partial charge is 0.333 e. The third-order valence-corrected chi connectivity index (χ3v) is 2.82. The summed E-state index contributed by atoms with van der Waals surface area (Å²) in [6, 6.07) is -0.222. The molecule has 0 aromatic heterocycles. The van der Waals surface area contributed by atoms with E-state index in [4.69, 9.17) is 0 Å². The lowest BCUT2D eigenvalue weighted by Crippen LogP contribution is -2.38. The minimum atomic E-state index is -0.222. The van der Waals surface area contributed by atoms with Crippen LogP contribution in [0.15, 0.2) is 12.7 Å². The first-order chi connectivity index (χ1) is 6.74. The smallest absolute Gasteiger partial charge is 0.222 e. The summed E-state index contributed by atoms with van der Waals surface area (Å²) in [4.78, 5) is 24.1. The van der Waals surface area contributed by atoms with Crippen molar-refractivity contribution in [2.75, 3.05) is 6.54 Å². The van der Waals surface area contributed by atoms with Crippen LogP contribution in [-0.4, -0.2) is 29.7 Å². The molecule has 0 bridgehead atoms. The van der Waals surface area contributed by atoms with Crippen LogP contribution in [-0.2, 0) is 9.59 Å². The maximum absolute atomic E-state index is 11.5. The molecule has 0 spiro atoms. The van der Waals surface area contributed by atoms with Crippen molar-refractivity contribution < 1.29 is 9.59 Å². The van der Waals surface area contributed by atoms with Crippen LogP contribution in [0.25, 0.3) is 0 Å². The van der Waals surface area contributed by atoms with Gasteiger partial charge in [0.25, 0.3) is 0 Å². The van der Waals surface area contributed by atoms with Crippen molar-refractivity contribution in [3.05, 3.63) is 12.7 Å². The third-order valence-electron chi connectivity index (χ3n) is 2.82. The predicted octanol–water partition coefficient (Wildman–Crippen LogP) is 1.39. The Kier molecular flexibility index (Phi) is 3.86. The monoisotopic (exact) mass is 195 g/mol. The van der Waals surface area contributed by atoms with Gasteiger partial charge in [-0.15, -0.1) is 6.58 Å². The Morgan fingerprint density at radius 2 is 2.36 bits per heavy atom.